The number of ether oxygens (including phenoxy) is 1. The van der Waals surface area contributed by atoms with Crippen LogP contribution in [0, 0.1) is 5.92 Å². The third-order valence-corrected chi connectivity index (χ3v) is 5.10. The summed E-state index contributed by atoms with van der Waals surface area (Å²) in [5.74, 6) is 0.643. The zero-order valence-corrected chi connectivity index (χ0v) is 14.5. The first-order valence-electron chi connectivity index (χ1n) is 8.60. The normalized spacial score (nSPS) is 39.1. The van der Waals surface area contributed by atoms with Gasteiger partial charge in [0.2, 0.25) is 0 Å². The van der Waals surface area contributed by atoms with Gasteiger partial charge in [0.1, 0.15) is 0 Å². The number of hydrogen-bond acceptors (Lipinski definition) is 1. The summed E-state index contributed by atoms with van der Waals surface area (Å²) >= 11 is 0. The molecule has 0 bridgehead atoms. The summed E-state index contributed by atoms with van der Waals surface area (Å²) in [6, 6.07) is 0. The lowest BCUT2D eigenvalue weighted by molar-refractivity contribution is 0.295. The number of epoxide rings is 1. The van der Waals surface area contributed by atoms with E-state index in [1.165, 1.54) is 36.8 Å². The number of fused-ring (bicyclic) bond motifs is 1. The van der Waals surface area contributed by atoms with Crippen molar-refractivity contribution < 1.29 is 4.74 Å². The second-order valence-electron chi connectivity index (χ2n) is 7.46. The predicted octanol–water partition coefficient (Wildman–Crippen LogP) is 5.97. The summed E-state index contributed by atoms with van der Waals surface area (Å²) in [5, 5.41) is 0. The van der Waals surface area contributed by atoms with E-state index in [2.05, 4.69) is 52.8 Å². The first-order valence-corrected chi connectivity index (χ1v) is 8.60. The summed E-state index contributed by atoms with van der Waals surface area (Å²) in [6.45, 7) is 11.4. The van der Waals surface area contributed by atoms with Crippen LogP contribution in [0.3, 0.4) is 0 Å². The van der Waals surface area contributed by atoms with E-state index in [-0.39, 0.29) is 5.60 Å². The van der Waals surface area contributed by atoms with Crippen LogP contribution in [0.5, 0.6) is 0 Å². The van der Waals surface area contributed by atoms with Crippen LogP contribution >= 0.6 is 0 Å². The molecule has 0 spiro atoms. The van der Waals surface area contributed by atoms with Gasteiger partial charge in [0.15, 0.2) is 0 Å². The van der Waals surface area contributed by atoms with Crippen molar-refractivity contribution in [3.63, 3.8) is 0 Å². The lowest BCUT2D eigenvalue weighted by Crippen LogP contribution is -2.09. The van der Waals surface area contributed by atoms with Crippen molar-refractivity contribution in [1.82, 2.24) is 0 Å². The van der Waals surface area contributed by atoms with Crippen LogP contribution in [0.1, 0.15) is 73.1 Å². The smallest absolute Gasteiger partial charge is 0.0923 e. The molecule has 1 aliphatic carbocycles. The van der Waals surface area contributed by atoms with Gasteiger partial charge in [-0.2, -0.15) is 0 Å². The Morgan fingerprint density at radius 3 is 2.57 bits per heavy atom. The topological polar surface area (TPSA) is 12.5 Å². The maximum atomic E-state index is 5.95. The van der Waals surface area contributed by atoms with Crippen LogP contribution < -0.4 is 0 Å². The van der Waals surface area contributed by atoms with Gasteiger partial charge in [0.05, 0.1) is 11.7 Å². The largest absolute Gasteiger partial charge is 0.366 e. The van der Waals surface area contributed by atoms with Crippen LogP contribution in [0.15, 0.2) is 34.9 Å². The Hall–Kier alpha value is -0.820. The van der Waals surface area contributed by atoms with Crippen molar-refractivity contribution in [2.24, 2.45) is 5.92 Å². The van der Waals surface area contributed by atoms with Gasteiger partial charge in [0, 0.05) is 0 Å². The predicted molar refractivity (Wildman–Crippen MR) is 91.4 cm³/mol. The lowest BCUT2D eigenvalue weighted by atomic mass is 9.92. The van der Waals surface area contributed by atoms with Gasteiger partial charge in [-0.1, -0.05) is 48.8 Å². The summed E-state index contributed by atoms with van der Waals surface area (Å²) in [4.78, 5) is 0. The van der Waals surface area contributed by atoms with Crippen LogP contribution in [0.4, 0.5) is 0 Å². The maximum Gasteiger partial charge on any atom is 0.0923 e. The number of allylic oxidation sites excluding steroid dienone is 6. The highest BCUT2D eigenvalue weighted by molar-refractivity contribution is 5.20. The summed E-state index contributed by atoms with van der Waals surface area (Å²) in [7, 11) is 0. The second-order valence-corrected chi connectivity index (χ2v) is 7.46. The average molecular weight is 288 g/mol. The molecule has 1 heteroatoms. The minimum Gasteiger partial charge on any atom is -0.366 e. The molecule has 118 valence electrons. The Balaban J connectivity index is 2.11. The fraction of sp³-hybridized carbons (Fsp3) is 0.700. The van der Waals surface area contributed by atoms with E-state index >= 15 is 0 Å². The van der Waals surface area contributed by atoms with Crippen molar-refractivity contribution in [3.8, 4) is 0 Å². The van der Waals surface area contributed by atoms with Gasteiger partial charge >= 0.3 is 0 Å². The standard InChI is InChI=1S/C20H32O/c1-15(2)18-11-8-16(3)7-6-14-20(5)19(21-20)13-10-17(4)9-12-18/h7,9,12,15,19H,6,8,10-11,13-14H2,1-5H3/b16-7+,17-9+,18-12+/t19-,20-/m1/s1. The Kier molecular flexibility index (Phi) is 5.48. The van der Waals surface area contributed by atoms with E-state index in [0.29, 0.717) is 12.0 Å². The van der Waals surface area contributed by atoms with E-state index in [9.17, 15) is 0 Å². The molecule has 1 aliphatic heterocycles. The Bertz CT molecular complexity index is 452. The van der Waals surface area contributed by atoms with Crippen molar-refractivity contribution in [1.29, 1.82) is 0 Å². The van der Waals surface area contributed by atoms with Crippen molar-refractivity contribution in [3.05, 3.63) is 34.9 Å². The molecule has 2 atom stereocenters. The van der Waals surface area contributed by atoms with Crippen molar-refractivity contribution in [2.45, 2.75) is 84.8 Å². The second kappa shape index (κ2) is 6.96. The summed E-state index contributed by atoms with van der Waals surface area (Å²) in [6.07, 6.45) is 14.7. The number of hydrogen-bond donors (Lipinski definition) is 0. The Morgan fingerprint density at radius 2 is 1.86 bits per heavy atom. The summed E-state index contributed by atoms with van der Waals surface area (Å²) < 4.78 is 5.95. The SMILES string of the molecule is C/C1=C\CC[C@@]2(C)O[C@@H]2CC/C(C)=C/C=C(/C(C)C)CC1. The van der Waals surface area contributed by atoms with Crippen molar-refractivity contribution in [2.75, 3.05) is 0 Å². The molecule has 2 rings (SSSR count). The van der Waals surface area contributed by atoms with E-state index < -0.39 is 0 Å². The molecule has 0 radical (unpaired) electrons. The average Bonchev–Trinajstić information content (AvgIpc) is 3.06. The molecule has 0 amide bonds. The van der Waals surface area contributed by atoms with Crippen LogP contribution in [0.25, 0.3) is 0 Å². The van der Waals surface area contributed by atoms with E-state index in [4.69, 9.17) is 4.74 Å². The fourth-order valence-corrected chi connectivity index (χ4v) is 3.18. The third-order valence-electron chi connectivity index (χ3n) is 5.10. The molecular weight excluding hydrogens is 256 g/mol. The minimum atomic E-state index is 0.153. The van der Waals surface area contributed by atoms with Gasteiger partial charge in [-0.25, -0.2) is 0 Å². The van der Waals surface area contributed by atoms with E-state index in [0.717, 1.165) is 12.8 Å². The molecule has 0 unspecified atom stereocenters. The highest BCUT2D eigenvalue weighted by Crippen LogP contribution is 2.43. The zero-order valence-electron chi connectivity index (χ0n) is 14.5. The molecule has 1 nitrogen and oxygen atoms in total. The minimum absolute atomic E-state index is 0.153. The quantitative estimate of drug-likeness (QED) is 0.427. The lowest BCUT2D eigenvalue weighted by Gasteiger charge is -2.12. The molecule has 1 saturated heterocycles. The molecule has 0 aromatic carbocycles. The van der Waals surface area contributed by atoms with Crippen LogP contribution in [0.2, 0.25) is 0 Å². The molecule has 1 fully saturated rings. The maximum absolute atomic E-state index is 5.95. The van der Waals surface area contributed by atoms with Crippen molar-refractivity contribution >= 4 is 0 Å². The molecule has 1 heterocycles. The fourth-order valence-electron chi connectivity index (χ4n) is 3.18. The van der Waals surface area contributed by atoms with Gasteiger partial charge in [-0.05, 0) is 65.2 Å². The third kappa shape index (κ3) is 4.85. The monoisotopic (exact) mass is 288 g/mol. The number of rotatable bonds is 1. The Morgan fingerprint density at radius 1 is 1.10 bits per heavy atom. The Labute approximate surface area is 131 Å². The summed E-state index contributed by atoms with van der Waals surface area (Å²) in [5.41, 5.74) is 4.74. The zero-order chi connectivity index (χ0) is 15.5. The molecule has 0 N–H and O–H groups in total. The van der Waals surface area contributed by atoms with Gasteiger partial charge in [0.25, 0.3) is 0 Å². The highest BCUT2D eigenvalue weighted by Gasteiger charge is 2.50. The molecule has 21 heavy (non-hydrogen) atoms. The molecule has 2 aliphatic rings. The van der Waals surface area contributed by atoms with E-state index in [1.807, 2.05) is 0 Å². The van der Waals surface area contributed by atoms with Crippen LogP contribution in [-0.2, 0) is 4.74 Å². The molecule has 0 aromatic heterocycles. The van der Waals surface area contributed by atoms with Gasteiger partial charge < -0.3 is 4.74 Å². The van der Waals surface area contributed by atoms with Gasteiger partial charge in [-0.3, -0.25) is 0 Å². The first-order chi connectivity index (χ1) is 9.90. The van der Waals surface area contributed by atoms with E-state index in [1.54, 1.807) is 5.57 Å². The van der Waals surface area contributed by atoms with Crippen LogP contribution in [-0.4, -0.2) is 11.7 Å². The molecule has 0 aromatic rings. The molecule has 0 saturated carbocycles. The first kappa shape index (κ1) is 16.5. The highest BCUT2D eigenvalue weighted by atomic mass is 16.6. The molecular formula is C20H32O. The van der Waals surface area contributed by atoms with Gasteiger partial charge in [-0.15, -0.1) is 0 Å².